The predicted octanol–water partition coefficient (Wildman–Crippen LogP) is -0.744. The highest BCUT2D eigenvalue weighted by Gasteiger charge is 2.43. The van der Waals surface area contributed by atoms with E-state index in [0.717, 1.165) is 0 Å². The molecule has 0 aromatic carbocycles. The SMILES string of the molecule is C=CCO[C@H]1O[C@H](COCOC)[C@@H](O)[C@H]1O. The monoisotopic (exact) mass is 234 g/mol. The van der Waals surface area contributed by atoms with Crippen LogP contribution in [0.2, 0.25) is 0 Å². The number of ether oxygens (including phenoxy) is 4. The molecule has 1 rings (SSSR count). The molecule has 16 heavy (non-hydrogen) atoms. The molecule has 6 heteroatoms. The van der Waals surface area contributed by atoms with Crippen molar-refractivity contribution in [1.82, 2.24) is 0 Å². The Labute approximate surface area is 94.4 Å². The van der Waals surface area contributed by atoms with Gasteiger partial charge in [-0.05, 0) is 0 Å². The zero-order valence-corrected chi connectivity index (χ0v) is 9.24. The highest BCUT2D eigenvalue weighted by Crippen LogP contribution is 2.22. The second kappa shape index (κ2) is 6.95. The lowest BCUT2D eigenvalue weighted by atomic mass is 10.1. The molecule has 0 radical (unpaired) electrons. The summed E-state index contributed by atoms with van der Waals surface area (Å²) in [5.41, 5.74) is 0. The number of aliphatic hydroxyl groups is 2. The maximum absolute atomic E-state index is 9.62. The van der Waals surface area contributed by atoms with E-state index in [1.165, 1.54) is 13.2 Å². The van der Waals surface area contributed by atoms with Crippen molar-refractivity contribution in [1.29, 1.82) is 0 Å². The van der Waals surface area contributed by atoms with Crippen LogP contribution in [0.4, 0.5) is 0 Å². The van der Waals surface area contributed by atoms with Gasteiger partial charge >= 0.3 is 0 Å². The van der Waals surface area contributed by atoms with Crippen molar-refractivity contribution in [3.05, 3.63) is 12.7 Å². The second-order valence-corrected chi connectivity index (χ2v) is 3.42. The van der Waals surface area contributed by atoms with Crippen LogP contribution in [0.1, 0.15) is 0 Å². The summed E-state index contributed by atoms with van der Waals surface area (Å²) in [7, 11) is 1.50. The van der Waals surface area contributed by atoms with Crippen molar-refractivity contribution in [2.45, 2.75) is 24.6 Å². The summed E-state index contributed by atoms with van der Waals surface area (Å²) in [6.45, 7) is 3.98. The third-order valence-electron chi connectivity index (χ3n) is 2.18. The largest absolute Gasteiger partial charge is 0.387 e. The summed E-state index contributed by atoms with van der Waals surface area (Å²) in [4.78, 5) is 0. The van der Waals surface area contributed by atoms with Crippen molar-refractivity contribution < 1.29 is 29.2 Å². The van der Waals surface area contributed by atoms with Crippen LogP contribution in [0.15, 0.2) is 12.7 Å². The van der Waals surface area contributed by atoms with E-state index >= 15 is 0 Å². The molecule has 4 atom stereocenters. The van der Waals surface area contributed by atoms with Crippen molar-refractivity contribution in [3.63, 3.8) is 0 Å². The Bertz CT molecular complexity index is 209. The van der Waals surface area contributed by atoms with Gasteiger partial charge in [-0.1, -0.05) is 6.08 Å². The zero-order chi connectivity index (χ0) is 12.0. The Kier molecular flexibility index (Phi) is 5.89. The molecule has 0 aromatic rings. The van der Waals surface area contributed by atoms with Gasteiger partial charge in [0.1, 0.15) is 25.1 Å². The number of hydrogen-bond acceptors (Lipinski definition) is 6. The summed E-state index contributed by atoms with van der Waals surface area (Å²) in [5, 5.41) is 19.2. The molecule has 0 spiro atoms. The molecular weight excluding hydrogens is 216 g/mol. The van der Waals surface area contributed by atoms with E-state index < -0.39 is 24.6 Å². The first-order valence-electron chi connectivity index (χ1n) is 5.01. The smallest absolute Gasteiger partial charge is 0.187 e. The van der Waals surface area contributed by atoms with E-state index in [9.17, 15) is 10.2 Å². The highest BCUT2D eigenvalue weighted by molar-refractivity contribution is 4.87. The summed E-state index contributed by atoms with van der Waals surface area (Å²) < 4.78 is 20.2. The third-order valence-corrected chi connectivity index (χ3v) is 2.18. The number of methoxy groups -OCH3 is 1. The van der Waals surface area contributed by atoms with E-state index in [4.69, 9.17) is 14.2 Å². The molecule has 0 aromatic heterocycles. The first kappa shape index (κ1) is 13.6. The van der Waals surface area contributed by atoms with Crippen molar-refractivity contribution in [2.75, 3.05) is 27.1 Å². The molecule has 2 N–H and O–H groups in total. The minimum absolute atomic E-state index is 0.112. The fraction of sp³-hybridized carbons (Fsp3) is 0.800. The molecule has 6 nitrogen and oxygen atoms in total. The zero-order valence-electron chi connectivity index (χ0n) is 9.24. The Morgan fingerprint density at radius 1 is 1.38 bits per heavy atom. The lowest BCUT2D eigenvalue weighted by Gasteiger charge is -2.13. The maximum atomic E-state index is 9.62. The third kappa shape index (κ3) is 3.51. The van der Waals surface area contributed by atoms with Crippen molar-refractivity contribution in [2.24, 2.45) is 0 Å². The van der Waals surface area contributed by atoms with Gasteiger partial charge in [0, 0.05) is 7.11 Å². The van der Waals surface area contributed by atoms with Gasteiger partial charge in [0.15, 0.2) is 6.29 Å². The molecule has 1 aliphatic heterocycles. The van der Waals surface area contributed by atoms with Gasteiger partial charge in [-0.15, -0.1) is 6.58 Å². The quantitative estimate of drug-likeness (QED) is 0.343. The Morgan fingerprint density at radius 2 is 2.12 bits per heavy atom. The maximum Gasteiger partial charge on any atom is 0.187 e. The highest BCUT2D eigenvalue weighted by atomic mass is 16.7. The van der Waals surface area contributed by atoms with Crippen LogP contribution in [0.3, 0.4) is 0 Å². The van der Waals surface area contributed by atoms with Gasteiger partial charge in [0.2, 0.25) is 0 Å². The topological polar surface area (TPSA) is 77.4 Å². The van der Waals surface area contributed by atoms with Gasteiger partial charge in [-0.3, -0.25) is 0 Å². The second-order valence-electron chi connectivity index (χ2n) is 3.42. The van der Waals surface area contributed by atoms with Crippen LogP contribution < -0.4 is 0 Å². The first-order chi connectivity index (χ1) is 7.70. The van der Waals surface area contributed by atoms with Crippen LogP contribution in [-0.4, -0.2) is 61.9 Å². The van der Waals surface area contributed by atoms with Gasteiger partial charge in [-0.2, -0.15) is 0 Å². The summed E-state index contributed by atoms with van der Waals surface area (Å²) in [5.74, 6) is 0. The summed E-state index contributed by atoms with van der Waals surface area (Å²) >= 11 is 0. The van der Waals surface area contributed by atoms with E-state index in [1.54, 1.807) is 0 Å². The standard InChI is InChI=1S/C10H18O6/c1-3-4-15-10-9(12)8(11)7(16-10)5-14-6-13-2/h3,7-12H,1,4-6H2,2H3/t7-,8-,9-,10+/m1/s1. The molecule has 0 aliphatic carbocycles. The predicted molar refractivity (Wildman–Crippen MR) is 54.7 cm³/mol. The number of rotatable bonds is 7. The van der Waals surface area contributed by atoms with Gasteiger partial charge in [0.25, 0.3) is 0 Å². The van der Waals surface area contributed by atoms with Crippen molar-refractivity contribution in [3.8, 4) is 0 Å². The molecule has 0 unspecified atom stereocenters. The normalized spacial score (nSPS) is 34.2. The van der Waals surface area contributed by atoms with Crippen LogP contribution in [0.5, 0.6) is 0 Å². The van der Waals surface area contributed by atoms with Crippen LogP contribution in [0.25, 0.3) is 0 Å². The van der Waals surface area contributed by atoms with E-state index in [0.29, 0.717) is 0 Å². The number of aliphatic hydroxyl groups excluding tert-OH is 2. The van der Waals surface area contributed by atoms with Gasteiger partial charge in [0.05, 0.1) is 13.2 Å². The summed E-state index contributed by atoms with van der Waals surface area (Å²) in [6, 6.07) is 0. The van der Waals surface area contributed by atoms with Crippen LogP contribution >= 0.6 is 0 Å². The minimum Gasteiger partial charge on any atom is -0.387 e. The molecule has 1 heterocycles. The summed E-state index contributed by atoms with van der Waals surface area (Å²) in [6.07, 6.45) is -2.01. The molecule has 0 bridgehead atoms. The molecule has 0 saturated carbocycles. The Hall–Kier alpha value is -0.500. The molecule has 1 aliphatic rings. The van der Waals surface area contributed by atoms with Gasteiger partial charge in [-0.25, -0.2) is 0 Å². The average molecular weight is 234 g/mol. The van der Waals surface area contributed by atoms with E-state index in [1.807, 2.05) is 0 Å². The minimum atomic E-state index is -1.07. The Balaban J connectivity index is 2.34. The van der Waals surface area contributed by atoms with Gasteiger partial charge < -0.3 is 29.2 Å². The van der Waals surface area contributed by atoms with Crippen LogP contribution in [0, 0.1) is 0 Å². The fourth-order valence-electron chi connectivity index (χ4n) is 1.40. The average Bonchev–Trinajstić information content (AvgIpc) is 2.55. The molecular formula is C10H18O6. The number of hydrogen-bond donors (Lipinski definition) is 2. The van der Waals surface area contributed by atoms with E-state index in [-0.39, 0.29) is 20.0 Å². The molecule has 1 saturated heterocycles. The van der Waals surface area contributed by atoms with Crippen molar-refractivity contribution >= 4 is 0 Å². The Morgan fingerprint density at radius 3 is 2.75 bits per heavy atom. The fourth-order valence-corrected chi connectivity index (χ4v) is 1.40. The van der Waals surface area contributed by atoms with Crippen LogP contribution in [-0.2, 0) is 18.9 Å². The molecule has 0 amide bonds. The first-order valence-corrected chi connectivity index (χ1v) is 5.01. The van der Waals surface area contributed by atoms with E-state index in [2.05, 4.69) is 11.3 Å². The lowest BCUT2D eigenvalue weighted by Crippen LogP contribution is -2.35. The lowest BCUT2D eigenvalue weighted by molar-refractivity contribution is -0.170. The molecule has 94 valence electrons. The molecule has 1 fully saturated rings.